The molecule has 9 nitrogen and oxygen atoms in total. The van der Waals surface area contributed by atoms with Gasteiger partial charge in [0.15, 0.2) is 5.58 Å². The fraction of sp³-hybridized carbons (Fsp3) is 0.267. The van der Waals surface area contributed by atoms with E-state index in [1.165, 1.54) is 0 Å². The van der Waals surface area contributed by atoms with Crippen molar-refractivity contribution in [2.45, 2.75) is 30.3 Å². The molecule has 2 aromatic heterocycles. The van der Waals surface area contributed by atoms with Crippen molar-refractivity contribution in [2.24, 2.45) is 0 Å². The Kier molecular flexibility index (Phi) is 11.3. The lowest BCUT2D eigenvalue weighted by Crippen LogP contribution is -2.38. The number of pyridine rings is 1. The van der Waals surface area contributed by atoms with Crippen LogP contribution in [0.1, 0.15) is 30.2 Å². The number of para-hydroxylation sites is 2. The first-order valence-electron chi connectivity index (χ1n) is 13.0. The molecule has 0 saturated carbocycles. The number of thioether (sulfide) groups is 1. The normalized spacial score (nSPS) is 15.0. The van der Waals surface area contributed by atoms with Gasteiger partial charge in [-0.25, -0.2) is 14.6 Å². The van der Waals surface area contributed by atoms with Crippen molar-refractivity contribution in [1.82, 2.24) is 14.9 Å². The molecule has 214 valence electrons. The van der Waals surface area contributed by atoms with Gasteiger partial charge in [0.1, 0.15) is 11.6 Å². The summed E-state index contributed by atoms with van der Waals surface area (Å²) >= 11 is 7.78. The zero-order valence-electron chi connectivity index (χ0n) is 22.1. The van der Waals surface area contributed by atoms with Gasteiger partial charge >= 0.3 is 11.9 Å². The second-order valence-electron chi connectivity index (χ2n) is 9.17. The summed E-state index contributed by atoms with van der Waals surface area (Å²) in [5.74, 6) is -1.56. The van der Waals surface area contributed by atoms with Crippen LogP contribution in [0.2, 0.25) is 5.02 Å². The van der Waals surface area contributed by atoms with Crippen LogP contribution in [0.3, 0.4) is 0 Å². The number of likely N-dealkylation sites (tertiary alicyclic amines) is 1. The van der Waals surface area contributed by atoms with E-state index in [1.54, 1.807) is 11.8 Å². The Morgan fingerprint density at radius 3 is 2.34 bits per heavy atom. The highest BCUT2D eigenvalue weighted by atomic mass is 35.5. The third-order valence-electron chi connectivity index (χ3n) is 6.27. The maximum Gasteiger partial charge on any atom is 0.328 e. The molecule has 1 unspecified atom stereocenters. The second-order valence-corrected chi connectivity index (χ2v) is 10.7. The molecular weight excluding hydrogens is 566 g/mol. The number of aliphatic carboxylic acids is 2. The Balaban J connectivity index is 0.000000426. The number of benzene rings is 2. The summed E-state index contributed by atoms with van der Waals surface area (Å²) in [6.07, 6.45) is 4.96. The fourth-order valence-corrected chi connectivity index (χ4v) is 5.23. The molecule has 1 aliphatic rings. The average molecular weight is 596 g/mol. The lowest BCUT2D eigenvalue weighted by Gasteiger charge is -2.33. The molecule has 2 aromatic carbocycles. The first-order chi connectivity index (χ1) is 19.9. The number of hydrogen-bond acceptors (Lipinski definition) is 8. The van der Waals surface area contributed by atoms with Crippen LogP contribution in [0.4, 0.5) is 0 Å². The molecule has 1 fully saturated rings. The molecule has 0 aliphatic carbocycles. The Morgan fingerprint density at radius 2 is 1.71 bits per heavy atom. The number of carboxylic acid groups (broad SMARTS) is 2. The van der Waals surface area contributed by atoms with Gasteiger partial charge in [0.05, 0.1) is 11.8 Å². The van der Waals surface area contributed by atoms with Crippen LogP contribution in [-0.2, 0) is 14.3 Å². The summed E-state index contributed by atoms with van der Waals surface area (Å²) in [5, 5.41) is 17.1. The molecule has 2 N–H and O–H groups in total. The summed E-state index contributed by atoms with van der Waals surface area (Å²) in [6, 6.07) is 21.7. The monoisotopic (exact) mass is 595 g/mol. The van der Waals surface area contributed by atoms with Gasteiger partial charge in [-0.1, -0.05) is 53.7 Å². The van der Waals surface area contributed by atoms with E-state index < -0.39 is 11.9 Å². The molecule has 1 aliphatic heterocycles. The zero-order chi connectivity index (χ0) is 29.0. The highest BCUT2D eigenvalue weighted by Crippen LogP contribution is 2.30. The Morgan fingerprint density at radius 1 is 1.02 bits per heavy atom. The number of oxazole rings is 1. The van der Waals surface area contributed by atoms with Gasteiger partial charge in [-0.3, -0.25) is 4.98 Å². The van der Waals surface area contributed by atoms with Crippen molar-refractivity contribution < 1.29 is 29.0 Å². The number of piperidine rings is 1. The van der Waals surface area contributed by atoms with Gasteiger partial charge in [0.2, 0.25) is 0 Å². The molecule has 0 spiro atoms. The van der Waals surface area contributed by atoms with E-state index in [1.807, 2.05) is 72.9 Å². The van der Waals surface area contributed by atoms with Crippen LogP contribution < -0.4 is 0 Å². The van der Waals surface area contributed by atoms with E-state index in [2.05, 4.69) is 14.9 Å². The number of fused-ring (bicyclic) bond motifs is 1. The summed E-state index contributed by atoms with van der Waals surface area (Å²) in [7, 11) is 0. The fourth-order valence-electron chi connectivity index (χ4n) is 4.27. The smallest absolute Gasteiger partial charge is 0.328 e. The van der Waals surface area contributed by atoms with E-state index in [4.69, 9.17) is 31.0 Å². The van der Waals surface area contributed by atoms with Gasteiger partial charge in [-0.15, -0.1) is 0 Å². The third-order valence-corrected chi connectivity index (χ3v) is 7.33. The number of carbonyl (C=O) groups is 2. The lowest BCUT2D eigenvalue weighted by atomic mass is 10.0. The van der Waals surface area contributed by atoms with Gasteiger partial charge in [0, 0.05) is 48.8 Å². The quantitative estimate of drug-likeness (QED) is 0.168. The lowest BCUT2D eigenvalue weighted by molar-refractivity contribution is -0.134. The minimum atomic E-state index is -1.26. The van der Waals surface area contributed by atoms with E-state index in [0.717, 1.165) is 70.8 Å². The number of nitrogens with zero attached hydrogens (tertiary/aromatic N) is 3. The molecule has 41 heavy (non-hydrogen) atoms. The topological polar surface area (TPSA) is 126 Å². The van der Waals surface area contributed by atoms with Crippen LogP contribution in [-0.4, -0.2) is 68.5 Å². The van der Waals surface area contributed by atoms with Crippen LogP contribution in [0.5, 0.6) is 0 Å². The van der Waals surface area contributed by atoms with E-state index in [9.17, 15) is 9.59 Å². The summed E-state index contributed by atoms with van der Waals surface area (Å²) in [4.78, 5) is 30.7. The number of rotatable bonds is 10. The zero-order valence-corrected chi connectivity index (χ0v) is 23.7. The van der Waals surface area contributed by atoms with Gasteiger partial charge in [-0.05, 0) is 54.8 Å². The van der Waals surface area contributed by atoms with Gasteiger partial charge in [0.25, 0.3) is 5.22 Å². The maximum atomic E-state index is 9.55. The minimum Gasteiger partial charge on any atom is -0.478 e. The number of halogens is 1. The van der Waals surface area contributed by atoms with Crippen molar-refractivity contribution in [3.8, 4) is 0 Å². The molecule has 3 heterocycles. The molecule has 5 rings (SSSR count). The molecule has 1 atom stereocenters. The van der Waals surface area contributed by atoms with E-state index >= 15 is 0 Å². The largest absolute Gasteiger partial charge is 0.478 e. The van der Waals surface area contributed by atoms with Crippen LogP contribution >= 0.6 is 23.4 Å². The van der Waals surface area contributed by atoms with Crippen molar-refractivity contribution >= 4 is 46.4 Å². The van der Waals surface area contributed by atoms with Crippen molar-refractivity contribution in [2.75, 3.05) is 25.4 Å². The Labute approximate surface area is 246 Å². The van der Waals surface area contributed by atoms with E-state index in [0.29, 0.717) is 12.2 Å². The molecule has 1 saturated heterocycles. The SMILES string of the molecule is Clc1ccc(C(OC2CCN(CCSc3nc4ccccc4o3)CC2)c2ccccn2)cc1.O=C(O)C=CC(=O)O. The molecule has 0 amide bonds. The highest BCUT2D eigenvalue weighted by Gasteiger charge is 2.25. The van der Waals surface area contributed by atoms with Crippen molar-refractivity contribution in [3.05, 3.63) is 101 Å². The van der Waals surface area contributed by atoms with Crippen molar-refractivity contribution in [3.63, 3.8) is 0 Å². The number of ether oxygens (including phenoxy) is 1. The third kappa shape index (κ3) is 9.72. The molecule has 0 radical (unpaired) electrons. The number of hydrogen-bond donors (Lipinski definition) is 2. The number of carboxylic acids is 2. The predicted octanol–water partition coefficient (Wildman–Crippen LogP) is 5.95. The van der Waals surface area contributed by atoms with Crippen LogP contribution in [0.25, 0.3) is 11.1 Å². The van der Waals surface area contributed by atoms with Crippen LogP contribution in [0.15, 0.2) is 94.7 Å². The molecule has 11 heteroatoms. The maximum absolute atomic E-state index is 9.55. The summed E-state index contributed by atoms with van der Waals surface area (Å²) < 4.78 is 12.4. The van der Waals surface area contributed by atoms with Gasteiger partial charge in [-0.2, -0.15) is 0 Å². The first-order valence-corrected chi connectivity index (χ1v) is 14.4. The predicted molar refractivity (Wildman–Crippen MR) is 157 cm³/mol. The number of aromatic nitrogens is 2. The Hall–Kier alpha value is -3.70. The Bertz CT molecular complexity index is 1390. The van der Waals surface area contributed by atoms with Gasteiger partial charge < -0.3 is 24.3 Å². The first kappa shape index (κ1) is 30.3. The molecule has 4 aromatic rings. The molecular formula is C30H30ClN3O6S. The minimum absolute atomic E-state index is 0.185. The average Bonchev–Trinajstić information content (AvgIpc) is 3.40. The summed E-state index contributed by atoms with van der Waals surface area (Å²) in [5.41, 5.74) is 3.77. The highest BCUT2D eigenvalue weighted by molar-refractivity contribution is 7.99. The van der Waals surface area contributed by atoms with Crippen molar-refractivity contribution in [1.29, 1.82) is 0 Å². The van der Waals surface area contributed by atoms with Crippen LogP contribution in [0, 0.1) is 0 Å². The summed E-state index contributed by atoms with van der Waals surface area (Å²) in [6.45, 7) is 3.06. The second kappa shape index (κ2) is 15.3. The van der Waals surface area contributed by atoms with E-state index in [-0.39, 0.29) is 12.2 Å². The molecule has 0 bridgehead atoms. The standard InChI is InChI=1S/C26H26ClN3O2S.C4H4O4/c27-20-10-8-19(9-11-20)25(23-6-3-4-14-28-23)31-21-12-15-30(16-13-21)17-18-33-26-29-22-5-1-2-7-24(22)32-26;5-3(6)1-2-4(7)8/h1-11,14,21,25H,12-13,15-18H2;1-2H,(H,5,6)(H,7,8).